The molecule has 1 N–H and O–H groups in total. The van der Waals surface area contributed by atoms with Crippen molar-refractivity contribution in [3.05, 3.63) is 59.7 Å². The Labute approximate surface area is 154 Å². The van der Waals surface area contributed by atoms with E-state index in [1.54, 1.807) is 24.3 Å². The minimum absolute atomic E-state index is 0.0193. The maximum Gasteiger partial charge on any atom is 0.262 e. The number of amides is 2. The van der Waals surface area contributed by atoms with Gasteiger partial charge in [0.05, 0.1) is 0 Å². The van der Waals surface area contributed by atoms with Crippen LogP contribution in [0.1, 0.15) is 35.7 Å². The van der Waals surface area contributed by atoms with Gasteiger partial charge in [-0.15, -0.1) is 0 Å². The summed E-state index contributed by atoms with van der Waals surface area (Å²) in [6.45, 7) is 3.63. The van der Waals surface area contributed by atoms with Crippen molar-refractivity contribution in [2.75, 3.05) is 25.0 Å². The molecule has 0 radical (unpaired) electrons. The SMILES string of the molecule is CCc1ccc(OCC(=O)Nc2cccc(C(=O)N3CCCC3)c2)cc1. The molecule has 5 heteroatoms. The lowest BCUT2D eigenvalue weighted by molar-refractivity contribution is -0.118. The van der Waals surface area contributed by atoms with Crippen LogP contribution in [0, 0.1) is 0 Å². The number of nitrogens with zero attached hydrogens (tertiary/aromatic N) is 1. The van der Waals surface area contributed by atoms with Crippen LogP contribution in [0.5, 0.6) is 5.75 Å². The molecule has 2 aromatic rings. The van der Waals surface area contributed by atoms with E-state index in [2.05, 4.69) is 12.2 Å². The van der Waals surface area contributed by atoms with Gasteiger partial charge in [-0.2, -0.15) is 0 Å². The molecule has 1 saturated heterocycles. The zero-order valence-electron chi connectivity index (χ0n) is 15.0. The van der Waals surface area contributed by atoms with Gasteiger partial charge in [0.15, 0.2) is 6.61 Å². The Morgan fingerprint density at radius 3 is 2.50 bits per heavy atom. The highest BCUT2D eigenvalue weighted by atomic mass is 16.5. The van der Waals surface area contributed by atoms with Gasteiger partial charge >= 0.3 is 0 Å². The molecule has 136 valence electrons. The number of likely N-dealkylation sites (tertiary alicyclic amines) is 1. The molecule has 0 atom stereocenters. The summed E-state index contributed by atoms with van der Waals surface area (Å²) >= 11 is 0. The molecule has 2 aromatic carbocycles. The molecule has 0 bridgehead atoms. The molecule has 0 saturated carbocycles. The standard InChI is InChI=1S/C21H24N2O3/c1-2-16-8-10-19(11-9-16)26-15-20(24)22-18-7-5-6-17(14-18)21(25)23-12-3-4-13-23/h5-11,14H,2-4,12-13,15H2,1H3,(H,22,24). The molecule has 0 unspecified atom stereocenters. The van der Waals surface area contributed by atoms with Crippen molar-refractivity contribution in [2.45, 2.75) is 26.2 Å². The maximum absolute atomic E-state index is 12.4. The molecule has 1 aliphatic heterocycles. The fourth-order valence-electron chi connectivity index (χ4n) is 3.00. The Morgan fingerprint density at radius 1 is 1.08 bits per heavy atom. The molecule has 0 aromatic heterocycles. The Hall–Kier alpha value is -2.82. The summed E-state index contributed by atoms with van der Waals surface area (Å²) in [6, 6.07) is 14.7. The first kappa shape index (κ1) is 18.0. The summed E-state index contributed by atoms with van der Waals surface area (Å²) in [5.41, 5.74) is 2.42. The monoisotopic (exact) mass is 352 g/mol. The first-order valence-corrected chi connectivity index (χ1v) is 9.06. The number of hydrogen-bond acceptors (Lipinski definition) is 3. The molecule has 5 nitrogen and oxygen atoms in total. The van der Waals surface area contributed by atoms with E-state index in [4.69, 9.17) is 4.74 Å². The van der Waals surface area contributed by atoms with Gasteiger partial charge in [0, 0.05) is 24.3 Å². The van der Waals surface area contributed by atoms with E-state index in [1.165, 1.54) is 5.56 Å². The number of aryl methyl sites for hydroxylation is 1. The van der Waals surface area contributed by atoms with E-state index < -0.39 is 0 Å². The minimum atomic E-state index is -0.254. The zero-order valence-corrected chi connectivity index (χ0v) is 15.0. The highest BCUT2D eigenvalue weighted by molar-refractivity contribution is 5.97. The van der Waals surface area contributed by atoms with Gasteiger partial charge in [-0.1, -0.05) is 25.1 Å². The van der Waals surface area contributed by atoms with Crippen molar-refractivity contribution in [2.24, 2.45) is 0 Å². The van der Waals surface area contributed by atoms with Crippen LogP contribution in [0.3, 0.4) is 0 Å². The van der Waals surface area contributed by atoms with E-state index in [0.29, 0.717) is 17.0 Å². The van der Waals surface area contributed by atoms with Gasteiger partial charge < -0.3 is 15.0 Å². The molecule has 0 aliphatic carbocycles. The van der Waals surface area contributed by atoms with E-state index in [9.17, 15) is 9.59 Å². The summed E-state index contributed by atoms with van der Waals surface area (Å²) in [7, 11) is 0. The van der Waals surface area contributed by atoms with Crippen LogP contribution in [-0.2, 0) is 11.2 Å². The topological polar surface area (TPSA) is 58.6 Å². The molecule has 2 amide bonds. The summed E-state index contributed by atoms with van der Waals surface area (Å²) in [5.74, 6) is 0.427. The number of rotatable bonds is 6. The molecule has 3 rings (SSSR count). The van der Waals surface area contributed by atoms with Crippen molar-refractivity contribution in [1.29, 1.82) is 0 Å². The zero-order chi connectivity index (χ0) is 18.4. The molecule has 0 spiro atoms. The number of hydrogen-bond donors (Lipinski definition) is 1. The van der Waals surface area contributed by atoms with E-state index in [-0.39, 0.29) is 18.4 Å². The number of benzene rings is 2. The van der Waals surface area contributed by atoms with Crippen LogP contribution in [0.4, 0.5) is 5.69 Å². The van der Waals surface area contributed by atoms with Crippen molar-refractivity contribution < 1.29 is 14.3 Å². The van der Waals surface area contributed by atoms with Crippen molar-refractivity contribution in [3.8, 4) is 5.75 Å². The quantitative estimate of drug-likeness (QED) is 0.866. The van der Waals surface area contributed by atoms with Gasteiger partial charge in [-0.3, -0.25) is 9.59 Å². The van der Waals surface area contributed by atoms with E-state index in [1.807, 2.05) is 29.2 Å². The summed E-state index contributed by atoms with van der Waals surface area (Å²) in [6.07, 6.45) is 3.07. The van der Waals surface area contributed by atoms with Crippen LogP contribution >= 0.6 is 0 Å². The predicted octanol–water partition coefficient (Wildman–Crippen LogP) is 3.50. The number of anilines is 1. The van der Waals surface area contributed by atoms with E-state index in [0.717, 1.165) is 32.4 Å². The summed E-state index contributed by atoms with van der Waals surface area (Å²) in [5, 5.41) is 2.79. The maximum atomic E-state index is 12.4. The largest absolute Gasteiger partial charge is 0.484 e. The highest BCUT2D eigenvalue weighted by Crippen LogP contribution is 2.17. The van der Waals surface area contributed by atoms with Crippen LogP contribution < -0.4 is 10.1 Å². The van der Waals surface area contributed by atoms with Gasteiger partial charge in [-0.25, -0.2) is 0 Å². The van der Waals surface area contributed by atoms with Crippen molar-refractivity contribution in [3.63, 3.8) is 0 Å². The molecule has 1 aliphatic rings. The minimum Gasteiger partial charge on any atom is -0.484 e. The van der Waals surface area contributed by atoms with Crippen LogP contribution in [0.25, 0.3) is 0 Å². The van der Waals surface area contributed by atoms with Crippen molar-refractivity contribution >= 4 is 17.5 Å². The molecule has 1 fully saturated rings. The lowest BCUT2D eigenvalue weighted by Gasteiger charge is -2.16. The lowest BCUT2D eigenvalue weighted by atomic mass is 10.1. The van der Waals surface area contributed by atoms with Gasteiger partial charge in [0.1, 0.15) is 5.75 Å². The van der Waals surface area contributed by atoms with Crippen LogP contribution in [0.2, 0.25) is 0 Å². The Balaban J connectivity index is 1.55. The first-order chi connectivity index (χ1) is 12.7. The number of nitrogens with one attached hydrogen (secondary N) is 1. The van der Waals surface area contributed by atoms with Gasteiger partial charge in [-0.05, 0) is 55.2 Å². The molecule has 26 heavy (non-hydrogen) atoms. The second kappa shape index (κ2) is 8.52. The second-order valence-electron chi connectivity index (χ2n) is 6.41. The third-order valence-corrected chi connectivity index (χ3v) is 4.49. The third-order valence-electron chi connectivity index (χ3n) is 4.49. The lowest BCUT2D eigenvalue weighted by Crippen LogP contribution is -2.27. The average Bonchev–Trinajstić information content (AvgIpc) is 3.21. The number of carbonyl (C=O) groups excluding carboxylic acids is 2. The fraction of sp³-hybridized carbons (Fsp3) is 0.333. The van der Waals surface area contributed by atoms with Crippen LogP contribution in [0.15, 0.2) is 48.5 Å². The normalized spacial score (nSPS) is 13.5. The molecule has 1 heterocycles. The second-order valence-corrected chi connectivity index (χ2v) is 6.41. The molecular formula is C21H24N2O3. The summed E-state index contributed by atoms with van der Waals surface area (Å²) in [4.78, 5) is 26.4. The number of carbonyl (C=O) groups is 2. The highest BCUT2D eigenvalue weighted by Gasteiger charge is 2.19. The third kappa shape index (κ3) is 4.63. The van der Waals surface area contributed by atoms with Gasteiger partial charge in [0.25, 0.3) is 11.8 Å². The predicted molar refractivity (Wildman–Crippen MR) is 102 cm³/mol. The van der Waals surface area contributed by atoms with E-state index >= 15 is 0 Å². The summed E-state index contributed by atoms with van der Waals surface area (Å²) < 4.78 is 5.51. The first-order valence-electron chi connectivity index (χ1n) is 9.06. The fourth-order valence-corrected chi connectivity index (χ4v) is 3.00. The van der Waals surface area contributed by atoms with Gasteiger partial charge in [0.2, 0.25) is 0 Å². The number of ether oxygens (including phenoxy) is 1. The Bertz CT molecular complexity index is 765. The Morgan fingerprint density at radius 2 is 1.81 bits per heavy atom. The average molecular weight is 352 g/mol. The smallest absolute Gasteiger partial charge is 0.262 e. The van der Waals surface area contributed by atoms with Crippen molar-refractivity contribution in [1.82, 2.24) is 4.90 Å². The Kier molecular flexibility index (Phi) is 5.89. The molecular weight excluding hydrogens is 328 g/mol. The van der Waals surface area contributed by atoms with Crippen LogP contribution in [-0.4, -0.2) is 36.4 Å².